The van der Waals surface area contributed by atoms with E-state index in [9.17, 15) is 14.3 Å². The molecular weight excluding hydrogens is 335 g/mol. The lowest BCUT2D eigenvalue weighted by Crippen LogP contribution is -2.50. The van der Waals surface area contributed by atoms with E-state index in [2.05, 4.69) is 5.10 Å². The molecule has 26 heavy (non-hydrogen) atoms. The number of aromatic nitrogens is 2. The van der Waals surface area contributed by atoms with Gasteiger partial charge < -0.3 is 14.9 Å². The molecule has 0 bridgehead atoms. The van der Waals surface area contributed by atoms with Crippen LogP contribution in [0.4, 0.5) is 4.39 Å². The van der Waals surface area contributed by atoms with Gasteiger partial charge in [0.25, 0.3) is 0 Å². The zero-order chi connectivity index (χ0) is 18.6. The molecule has 1 aliphatic heterocycles. The standard InChI is InChI=1S/C19H25FN4O2/c1-22-11-12-23(14-19(26,13-22)15-24-10-2-9-21-24)18(25)8-5-16-3-6-17(20)7-4-16/h2-4,6-7,9-10,26H,5,8,11-15H2,1H3/t19-/m0/s1. The second kappa shape index (κ2) is 7.97. The molecule has 1 fully saturated rings. The number of aliphatic hydroxyl groups is 1. The molecule has 1 N–H and O–H groups in total. The van der Waals surface area contributed by atoms with Gasteiger partial charge in [-0.2, -0.15) is 5.10 Å². The Labute approximate surface area is 152 Å². The van der Waals surface area contributed by atoms with Gasteiger partial charge >= 0.3 is 0 Å². The smallest absolute Gasteiger partial charge is 0.223 e. The van der Waals surface area contributed by atoms with Crippen molar-refractivity contribution < 1.29 is 14.3 Å². The first kappa shape index (κ1) is 18.5. The molecule has 1 atom stereocenters. The fourth-order valence-corrected chi connectivity index (χ4v) is 3.43. The number of hydrogen-bond acceptors (Lipinski definition) is 4. The molecule has 0 radical (unpaired) electrons. The molecule has 3 rings (SSSR count). The maximum atomic E-state index is 13.0. The molecule has 0 aliphatic carbocycles. The highest BCUT2D eigenvalue weighted by Crippen LogP contribution is 2.17. The Morgan fingerprint density at radius 1 is 1.27 bits per heavy atom. The van der Waals surface area contributed by atoms with Crippen molar-refractivity contribution in [1.29, 1.82) is 0 Å². The monoisotopic (exact) mass is 360 g/mol. The third kappa shape index (κ3) is 4.89. The molecule has 1 saturated heterocycles. The van der Waals surface area contributed by atoms with Crippen molar-refractivity contribution in [3.63, 3.8) is 0 Å². The Bertz CT molecular complexity index is 720. The number of nitrogens with zero attached hydrogens (tertiary/aromatic N) is 4. The minimum atomic E-state index is -1.05. The van der Waals surface area contributed by atoms with E-state index in [0.29, 0.717) is 39.0 Å². The summed E-state index contributed by atoms with van der Waals surface area (Å²) in [6.45, 7) is 2.39. The van der Waals surface area contributed by atoms with E-state index in [1.54, 1.807) is 27.9 Å². The summed E-state index contributed by atoms with van der Waals surface area (Å²) in [4.78, 5) is 16.5. The summed E-state index contributed by atoms with van der Waals surface area (Å²) in [5.41, 5.74) is -0.124. The lowest BCUT2D eigenvalue weighted by atomic mass is 10.0. The molecule has 7 heteroatoms. The number of carbonyl (C=O) groups excluding carboxylic acids is 1. The quantitative estimate of drug-likeness (QED) is 0.869. The predicted octanol–water partition coefficient (Wildman–Crippen LogP) is 1.16. The van der Waals surface area contributed by atoms with E-state index >= 15 is 0 Å². The Morgan fingerprint density at radius 3 is 2.73 bits per heavy atom. The van der Waals surface area contributed by atoms with Gasteiger partial charge in [0.15, 0.2) is 0 Å². The highest BCUT2D eigenvalue weighted by atomic mass is 19.1. The van der Waals surface area contributed by atoms with Crippen LogP contribution in [0.3, 0.4) is 0 Å². The van der Waals surface area contributed by atoms with Crippen LogP contribution in [0.25, 0.3) is 0 Å². The molecular formula is C19H25FN4O2. The first-order valence-electron chi connectivity index (χ1n) is 8.84. The van der Waals surface area contributed by atoms with Gasteiger partial charge in [-0.3, -0.25) is 9.48 Å². The molecule has 6 nitrogen and oxygen atoms in total. The van der Waals surface area contributed by atoms with Crippen molar-refractivity contribution in [2.75, 3.05) is 33.2 Å². The number of β-amino-alcohol motifs (C(OH)–C–C–N with tert-alkyl or cyclic N) is 1. The number of hydrogen-bond donors (Lipinski definition) is 1. The summed E-state index contributed by atoms with van der Waals surface area (Å²) in [5.74, 6) is -0.275. The molecule has 2 heterocycles. The fraction of sp³-hybridized carbons (Fsp3) is 0.474. The van der Waals surface area contributed by atoms with E-state index in [1.165, 1.54) is 12.1 Å². The summed E-state index contributed by atoms with van der Waals surface area (Å²) in [6, 6.07) is 8.03. The van der Waals surface area contributed by atoms with Gasteiger partial charge in [-0.15, -0.1) is 0 Å². The van der Waals surface area contributed by atoms with Crippen molar-refractivity contribution in [1.82, 2.24) is 19.6 Å². The van der Waals surface area contributed by atoms with E-state index in [0.717, 1.165) is 5.56 Å². The molecule has 0 unspecified atom stereocenters. The highest BCUT2D eigenvalue weighted by molar-refractivity contribution is 5.76. The minimum Gasteiger partial charge on any atom is -0.385 e. The SMILES string of the molecule is CN1CCN(C(=O)CCc2ccc(F)cc2)C[C@](O)(Cn2cccn2)C1. The highest BCUT2D eigenvalue weighted by Gasteiger charge is 2.36. The van der Waals surface area contributed by atoms with Gasteiger partial charge in [0.1, 0.15) is 11.4 Å². The van der Waals surface area contributed by atoms with Gasteiger partial charge in [-0.05, 0) is 37.2 Å². The van der Waals surface area contributed by atoms with Gasteiger partial charge in [-0.25, -0.2) is 4.39 Å². The molecule has 140 valence electrons. The first-order valence-corrected chi connectivity index (χ1v) is 8.84. The largest absolute Gasteiger partial charge is 0.385 e. The molecule has 0 spiro atoms. The number of carbonyl (C=O) groups is 1. The van der Waals surface area contributed by atoms with Crippen molar-refractivity contribution in [3.8, 4) is 0 Å². The van der Waals surface area contributed by atoms with Crippen LogP contribution in [0.15, 0.2) is 42.7 Å². The summed E-state index contributed by atoms with van der Waals surface area (Å²) in [7, 11) is 1.94. The second-order valence-electron chi connectivity index (χ2n) is 7.11. The van der Waals surface area contributed by atoms with E-state index in [4.69, 9.17) is 0 Å². The van der Waals surface area contributed by atoms with Crippen LogP contribution in [0.2, 0.25) is 0 Å². The van der Waals surface area contributed by atoms with Crippen LogP contribution >= 0.6 is 0 Å². The van der Waals surface area contributed by atoms with Gasteiger partial charge in [0.2, 0.25) is 5.91 Å². The lowest BCUT2D eigenvalue weighted by Gasteiger charge is -2.32. The first-order chi connectivity index (χ1) is 12.4. The summed E-state index contributed by atoms with van der Waals surface area (Å²) < 4.78 is 14.7. The second-order valence-corrected chi connectivity index (χ2v) is 7.11. The zero-order valence-electron chi connectivity index (χ0n) is 15.0. The number of aryl methyl sites for hydroxylation is 1. The minimum absolute atomic E-state index is 0.00325. The van der Waals surface area contributed by atoms with Gasteiger partial charge in [0.05, 0.1) is 13.1 Å². The maximum absolute atomic E-state index is 13.0. The summed E-state index contributed by atoms with van der Waals surface area (Å²) in [6.07, 6.45) is 4.38. The Balaban J connectivity index is 1.63. The number of likely N-dealkylation sites (N-methyl/N-ethyl adjacent to an activating group) is 1. The number of rotatable bonds is 5. The van der Waals surface area contributed by atoms with Gasteiger partial charge in [-0.1, -0.05) is 12.1 Å². The van der Waals surface area contributed by atoms with Crippen molar-refractivity contribution in [2.45, 2.75) is 25.0 Å². The van der Waals surface area contributed by atoms with E-state index in [1.807, 2.05) is 24.2 Å². The molecule has 0 saturated carbocycles. The average molecular weight is 360 g/mol. The van der Waals surface area contributed by atoms with Crippen molar-refractivity contribution in [3.05, 3.63) is 54.1 Å². The molecule has 1 aromatic carbocycles. The van der Waals surface area contributed by atoms with E-state index < -0.39 is 5.60 Å². The maximum Gasteiger partial charge on any atom is 0.223 e. The third-order valence-electron chi connectivity index (χ3n) is 4.71. The molecule has 1 aromatic heterocycles. The molecule has 1 aliphatic rings. The number of halogens is 1. The van der Waals surface area contributed by atoms with Crippen LogP contribution in [0, 0.1) is 5.82 Å². The van der Waals surface area contributed by atoms with Crippen molar-refractivity contribution >= 4 is 5.91 Å². The van der Waals surface area contributed by atoms with Crippen molar-refractivity contribution in [2.24, 2.45) is 0 Å². The Kier molecular flexibility index (Phi) is 5.68. The topological polar surface area (TPSA) is 61.6 Å². The van der Waals surface area contributed by atoms with Crippen LogP contribution in [0.5, 0.6) is 0 Å². The fourth-order valence-electron chi connectivity index (χ4n) is 3.43. The lowest BCUT2D eigenvalue weighted by molar-refractivity contribution is -0.134. The Hall–Kier alpha value is -2.25. The molecule has 1 amide bonds. The number of benzene rings is 1. The third-order valence-corrected chi connectivity index (χ3v) is 4.71. The zero-order valence-corrected chi connectivity index (χ0v) is 15.0. The predicted molar refractivity (Wildman–Crippen MR) is 96.0 cm³/mol. The summed E-state index contributed by atoms with van der Waals surface area (Å²) in [5, 5.41) is 15.3. The average Bonchev–Trinajstić information content (AvgIpc) is 3.04. The van der Waals surface area contributed by atoms with E-state index in [-0.39, 0.29) is 18.3 Å². The van der Waals surface area contributed by atoms with Crippen LogP contribution in [-0.2, 0) is 17.8 Å². The molecule has 2 aromatic rings. The Morgan fingerprint density at radius 2 is 2.04 bits per heavy atom. The normalized spacial score (nSPS) is 21.6. The van der Waals surface area contributed by atoms with Crippen LogP contribution in [-0.4, -0.2) is 69.4 Å². The summed E-state index contributed by atoms with van der Waals surface area (Å²) >= 11 is 0. The van der Waals surface area contributed by atoms with Gasteiger partial charge in [0, 0.05) is 38.4 Å². The number of amides is 1. The van der Waals surface area contributed by atoms with Crippen LogP contribution in [0.1, 0.15) is 12.0 Å². The van der Waals surface area contributed by atoms with Crippen LogP contribution < -0.4 is 0 Å².